The van der Waals surface area contributed by atoms with Gasteiger partial charge in [0.15, 0.2) is 0 Å². The maximum atomic E-state index is 10.9. The second-order valence-electron chi connectivity index (χ2n) is 6.75. The lowest BCUT2D eigenvalue weighted by atomic mass is 10.1. The molecule has 0 spiro atoms. The fourth-order valence-electron chi connectivity index (χ4n) is 3.04. The Balaban J connectivity index is 1.68. The molecule has 0 aliphatic heterocycles. The average Bonchev–Trinajstić information content (AvgIpc) is 3.28. The fourth-order valence-corrected chi connectivity index (χ4v) is 3.24. The Kier molecular flexibility index (Phi) is 5.91. The molecule has 150 valence electrons. The summed E-state index contributed by atoms with van der Waals surface area (Å²) in [4.78, 5) is 15.4. The van der Waals surface area contributed by atoms with Gasteiger partial charge in [-0.05, 0) is 36.2 Å². The Bertz CT molecular complexity index is 1140. The number of ether oxygens (including phenoxy) is 1. The number of rotatable bonds is 7. The molecule has 1 atom stereocenters. The van der Waals surface area contributed by atoms with Crippen molar-refractivity contribution in [3.63, 3.8) is 0 Å². The van der Waals surface area contributed by atoms with Gasteiger partial charge in [-0.3, -0.25) is 4.79 Å². The second kappa shape index (κ2) is 8.93. The Labute approximate surface area is 179 Å². The van der Waals surface area contributed by atoms with Crippen molar-refractivity contribution in [3.8, 4) is 17.1 Å². The highest BCUT2D eigenvalue weighted by Crippen LogP contribution is 2.30. The van der Waals surface area contributed by atoms with Crippen LogP contribution in [0.4, 0.5) is 0 Å². The summed E-state index contributed by atoms with van der Waals surface area (Å²) < 4.78 is 11.8. The molecule has 0 bridgehead atoms. The van der Waals surface area contributed by atoms with E-state index in [0.717, 1.165) is 23.8 Å². The van der Waals surface area contributed by atoms with Crippen molar-refractivity contribution in [2.75, 3.05) is 0 Å². The molecule has 5 nitrogen and oxygen atoms in total. The van der Waals surface area contributed by atoms with E-state index in [4.69, 9.17) is 20.9 Å². The molecule has 1 unspecified atom stereocenters. The average molecular weight is 419 g/mol. The number of aryl methyl sites for hydroxylation is 1. The van der Waals surface area contributed by atoms with Crippen molar-refractivity contribution >= 4 is 17.9 Å². The maximum Gasteiger partial charge on any atom is 0.272 e. The zero-order chi connectivity index (χ0) is 20.9. The molecular formula is C24H19ClN2O3. The summed E-state index contributed by atoms with van der Waals surface area (Å²) >= 11 is 6.20. The van der Waals surface area contributed by atoms with Crippen LogP contribution in [0.15, 0.2) is 77.3 Å². The maximum absolute atomic E-state index is 10.9. The van der Waals surface area contributed by atoms with Gasteiger partial charge in [0, 0.05) is 21.7 Å². The van der Waals surface area contributed by atoms with E-state index in [1.165, 1.54) is 5.56 Å². The van der Waals surface area contributed by atoms with Crippen molar-refractivity contribution < 1.29 is 14.1 Å². The van der Waals surface area contributed by atoms with Crippen LogP contribution in [0.25, 0.3) is 11.4 Å². The van der Waals surface area contributed by atoms with E-state index in [2.05, 4.69) is 17.1 Å². The molecule has 1 heterocycles. The lowest BCUT2D eigenvalue weighted by molar-refractivity contribution is 0.112. The Morgan fingerprint density at radius 2 is 1.83 bits per heavy atom. The van der Waals surface area contributed by atoms with Gasteiger partial charge in [0.05, 0.1) is 0 Å². The predicted octanol–water partition coefficient (Wildman–Crippen LogP) is 5.93. The van der Waals surface area contributed by atoms with Gasteiger partial charge in [0.25, 0.3) is 5.89 Å². The van der Waals surface area contributed by atoms with E-state index in [9.17, 15) is 4.79 Å². The number of hydrogen-bond acceptors (Lipinski definition) is 5. The first kappa shape index (κ1) is 19.9. The monoisotopic (exact) mass is 418 g/mol. The van der Waals surface area contributed by atoms with Gasteiger partial charge < -0.3 is 9.26 Å². The Hall–Kier alpha value is -3.44. The molecule has 3 aromatic carbocycles. The standard InChI is InChI=1S/C24H19ClN2O3/c1-2-16-8-12-21(13-9-16)29-22(19-4-3-5-20(25)14-19)24-26-23(27-30-24)18-10-6-17(15-28)7-11-18/h3-15,22H,2H2,1H3. The lowest BCUT2D eigenvalue weighted by Crippen LogP contribution is -2.10. The predicted molar refractivity (Wildman–Crippen MR) is 115 cm³/mol. The van der Waals surface area contributed by atoms with Crippen LogP contribution in [0, 0.1) is 0 Å². The third-order valence-electron chi connectivity index (χ3n) is 4.71. The van der Waals surface area contributed by atoms with Crippen LogP contribution in [0.5, 0.6) is 5.75 Å². The summed E-state index contributed by atoms with van der Waals surface area (Å²) in [7, 11) is 0. The van der Waals surface area contributed by atoms with Gasteiger partial charge in [-0.2, -0.15) is 4.98 Å². The number of carbonyl (C=O) groups is 1. The number of halogens is 1. The largest absolute Gasteiger partial charge is 0.476 e. The number of aldehydes is 1. The minimum Gasteiger partial charge on any atom is -0.476 e. The topological polar surface area (TPSA) is 65.2 Å². The van der Waals surface area contributed by atoms with Crippen LogP contribution < -0.4 is 4.74 Å². The van der Waals surface area contributed by atoms with E-state index in [0.29, 0.717) is 28.1 Å². The fraction of sp³-hybridized carbons (Fsp3) is 0.125. The van der Waals surface area contributed by atoms with E-state index in [1.807, 2.05) is 42.5 Å². The molecule has 0 radical (unpaired) electrons. The molecular weight excluding hydrogens is 400 g/mol. The highest BCUT2D eigenvalue weighted by Gasteiger charge is 2.24. The van der Waals surface area contributed by atoms with E-state index >= 15 is 0 Å². The SMILES string of the molecule is CCc1ccc(OC(c2cccc(Cl)c2)c2nc(-c3ccc(C=O)cc3)no2)cc1. The molecule has 4 aromatic rings. The first-order valence-electron chi connectivity index (χ1n) is 9.56. The van der Waals surface area contributed by atoms with Crippen LogP contribution in [-0.4, -0.2) is 16.4 Å². The Morgan fingerprint density at radius 3 is 2.50 bits per heavy atom. The van der Waals surface area contributed by atoms with Crippen molar-refractivity contribution in [3.05, 3.63) is 100 Å². The van der Waals surface area contributed by atoms with E-state index in [1.54, 1.807) is 30.3 Å². The quantitative estimate of drug-likeness (QED) is 0.348. The number of benzene rings is 3. The second-order valence-corrected chi connectivity index (χ2v) is 7.18. The van der Waals surface area contributed by atoms with Crippen LogP contribution in [0.1, 0.15) is 40.4 Å². The van der Waals surface area contributed by atoms with Crippen LogP contribution in [0.2, 0.25) is 5.02 Å². The zero-order valence-corrected chi connectivity index (χ0v) is 17.0. The van der Waals surface area contributed by atoms with Crippen molar-refractivity contribution in [2.24, 2.45) is 0 Å². The van der Waals surface area contributed by atoms with Gasteiger partial charge in [-0.1, -0.05) is 72.2 Å². The lowest BCUT2D eigenvalue weighted by Gasteiger charge is -2.16. The van der Waals surface area contributed by atoms with E-state index in [-0.39, 0.29) is 0 Å². The summed E-state index contributed by atoms with van der Waals surface area (Å²) in [6.45, 7) is 2.10. The highest BCUT2D eigenvalue weighted by atomic mass is 35.5. The van der Waals surface area contributed by atoms with Gasteiger partial charge >= 0.3 is 0 Å². The molecule has 0 aliphatic carbocycles. The summed E-state index contributed by atoms with van der Waals surface area (Å²) in [5, 5.41) is 4.68. The molecule has 4 rings (SSSR count). The third-order valence-corrected chi connectivity index (χ3v) is 4.94. The summed E-state index contributed by atoms with van der Waals surface area (Å²) in [6, 6.07) is 22.2. The summed E-state index contributed by atoms with van der Waals surface area (Å²) in [5.41, 5.74) is 3.35. The van der Waals surface area contributed by atoms with Crippen LogP contribution in [0.3, 0.4) is 0 Å². The number of nitrogens with zero attached hydrogens (tertiary/aromatic N) is 2. The first-order valence-corrected chi connectivity index (χ1v) is 9.94. The van der Waals surface area contributed by atoms with Crippen LogP contribution in [-0.2, 0) is 6.42 Å². The summed E-state index contributed by atoms with van der Waals surface area (Å²) in [6.07, 6.45) is 1.12. The van der Waals surface area contributed by atoms with Crippen molar-refractivity contribution in [1.29, 1.82) is 0 Å². The number of hydrogen-bond donors (Lipinski definition) is 0. The van der Waals surface area contributed by atoms with Gasteiger partial charge in [0.1, 0.15) is 12.0 Å². The molecule has 0 saturated heterocycles. The molecule has 6 heteroatoms. The molecule has 30 heavy (non-hydrogen) atoms. The molecule has 0 aliphatic rings. The smallest absolute Gasteiger partial charge is 0.272 e. The minimum absolute atomic E-state index is 0.311. The van der Waals surface area contributed by atoms with Gasteiger partial charge in [-0.25, -0.2) is 0 Å². The van der Waals surface area contributed by atoms with Crippen molar-refractivity contribution in [2.45, 2.75) is 19.4 Å². The normalized spacial score (nSPS) is 11.8. The van der Waals surface area contributed by atoms with Crippen molar-refractivity contribution in [1.82, 2.24) is 10.1 Å². The van der Waals surface area contributed by atoms with Crippen LogP contribution >= 0.6 is 11.6 Å². The molecule has 0 N–H and O–H groups in total. The zero-order valence-electron chi connectivity index (χ0n) is 16.3. The highest BCUT2D eigenvalue weighted by molar-refractivity contribution is 6.30. The molecule has 0 fully saturated rings. The minimum atomic E-state index is -0.619. The number of carbonyl (C=O) groups excluding carboxylic acids is 1. The third kappa shape index (κ3) is 4.42. The first-order chi connectivity index (χ1) is 14.7. The van der Waals surface area contributed by atoms with Gasteiger partial charge in [-0.15, -0.1) is 0 Å². The van der Waals surface area contributed by atoms with E-state index < -0.39 is 6.10 Å². The molecule has 0 saturated carbocycles. The Morgan fingerprint density at radius 1 is 1.07 bits per heavy atom. The van der Waals surface area contributed by atoms with Gasteiger partial charge in [0.2, 0.25) is 11.9 Å². The summed E-state index contributed by atoms with van der Waals surface area (Å²) in [5.74, 6) is 1.41. The number of aromatic nitrogens is 2. The molecule has 0 amide bonds. The molecule has 1 aromatic heterocycles.